The first kappa shape index (κ1) is 16.8. The van der Waals surface area contributed by atoms with Crippen molar-refractivity contribution in [2.45, 2.75) is 37.8 Å². The zero-order chi connectivity index (χ0) is 17.3. The number of nitrogens with zero attached hydrogens (tertiary/aromatic N) is 2. The molecule has 0 radical (unpaired) electrons. The number of rotatable bonds is 4. The van der Waals surface area contributed by atoms with E-state index in [0.29, 0.717) is 16.5 Å². The monoisotopic (exact) mass is 343 g/mol. The van der Waals surface area contributed by atoms with Crippen LogP contribution in [-0.2, 0) is 11.8 Å². The summed E-state index contributed by atoms with van der Waals surface area (Å²) in [6, 6.07) is 7.99. The molecule has 1 N–H and O–H groups in total. The zero-order valence-electron chi connectivity index (χ0n) is 14.1. The molecular formula is C18H21N3O2S. The lowest BCUT2D eigenvalue weighted by Gasteiger charge is -2.27. The highest BCUT2D eigenvalue weighted by Crippen LogP contribution is 2.35. The summed E-state index contributed by atoms with van der Waals surface area (Å²) in [7, 11) is 1.85. The van der Waals surface area contributed by atoms with Crippen LogP contribution >= 0.6 is 11.8 Å². The van der Waals surface area contributed by atoms with Crippen molar-refractivity contribution in [2.75, 3.05) is 11.1 Å². The van der Waals surface area contributed by atoms with Crippen LogP contribution in [0.1, 0.15) is 42.4 Å². The first-order valence-corrected chi connectivity index (χ1v) is 9.10. The second-order valence-corrected chi connectivity index (χ2v) is 7.15. The summed E-state index contributed by atoms with van der Waals surface area (Å²) in [4.78, 5) is 29.1. The molecule has 0 unspecified atom stereocenters. The van der Waals surface area contributed by atoms with E-state index in [4.69, 9.17) is 0 Å². The van der Waals surface area contributed by atoms with Crippen molar-refractivity contribution in [1.29, 1.82) is 0 Å². The van der Waals surface area contributed by atoms with Crippen molar-refractivity contribution in [3.05, 3.63) is 51.3 Å². The van der Waals surface area contributed by atoms with Gasteiger partial charge in [-0.15, -0.1) is 0 Å². The van der Waals surface area contributed by atoms with Gasteiger partial charge in [0, 0.05) is 25.1 Å². The fourth-order valence-corrected chi connectivity index (χ4v) is 3.76. The van der Waals surface area contributed by atoms with Crippen molar-refractivity contribution in [3.63, 3.8) is 0 Å². The van der Waals surface area contributed by atoms with E-state index in [1.165, 1.54) is 11.8 Å². The van der Waals surface area contributed by atoms with Gasteiger partial charge in [-0.2, -0.15) is 4.98 Å². The van der Waals surface area contributed by atoms with E-state index in [9.17, 15) is 9.59 Å². The van der Waals surface area contributed by atoms with Gasteiger partial charge >= 0.3 is 0 Å². The Labute approximate surface area is 145 Å². The highest BCUT2D eigenvalue weighted by Gasteiger charge is 2.31. The second kappa shape index (κ2) is 6.81. The van der Waals surface area contributed by atoms with E-state index in [2.05, 4.69) is 17.2 Å². The van der Waals surface area contributed by atoms with Gasteiger partial charge in [-0.25, -0.2) is 0 Å². The number of nitrogens with one attached hydrogen (secondary N) is 1. The van der Waals surface area contributed by atoms with Crippen LogP contribution in [0.3, 0.4) is 0 Å². The number of anilines is 1. The molecule has 24 heavy (non-hydrogen) atoms. The minimum atomic E-state index is -0.245. The van der Waals surface area contributed by atoms with Crippen LogP contribution < -0.4 is 10.9 Å². The Morgan fingerprint density at radius 3 is 2.67 bits per heavy atom. The lowest BCUT2D eigenvalue weighted by Crippen LogP contribution is -2.33. The van der Waals surface area contributed by atoms with Crippen LogP contribution in [0.25, 0.3) is 0 Å². The van der Waals surface area contributed by atoms with Gasteiger partial charge in [0.1, 0.15) is 5.82 Å². The lowest BCUT2D eigenvalue weighted by molar-refractivity contribution is -0.116. The summed E-state index contributed by atoms with van der Waals surface area (Å²) < 4.78 is 1.83. The third kappa shape index (κ3) is 3.11. The highest BCUT2D eigenvalue weighted by atomic mass is 32.2. The van der Waals surface area contributed by atoms with Gasteiger partial charge in [0.05, 0.1) is 5.56 Å². The molecule has 2 aromatic rings. The minimum Gasteiger partial charge on any atom is -0.312 e. The molecule has 0 bridgehead atoms. The number of carbonyl (C=O) groups excluding carboxylic acids is 1. The van der Waals surface area contributed by atoms with Crippen molar-refractivity contribution < 1.29 is 4.79 Å². The van der Waals surface area contributed by atoms with E-state index in [-0.39, 0.29) is 23.8 Å². The van der Waals surface area contributed by atoms with Gasteiger partial charge in [-0.05, 0) is 18.9 Å². The molecule has 1 aromatic heterocycles. The van der Waals surface area contributed by atoms with Crippen LogP contribution in [0, 0.1) is 6.92 Å². The zero-order valence-corrected chi connectivity index (χ0v) is 14.9. The van der Waals surface area contributed by atoms with Gasteiger partial charge in [0.25, 0.3) is 5.56 Å². The summed E-state index contributed by atoms with van der Waals surface area (Å²) in [6.45, 7) is 4.10. The molecule has 6 heteroatoms. The molecule has 0 aliphatic carbocycles. The van der Waals surface area contributed by atoms with Gasteiger partial charge in [0.2, 0.25) is 5.91 Å². The number of fused-ring (bicyclic) bond motifs is 1. The molecule has 2 heterocycles. The molecule has 0 saturated heterocycles. The SMILES string of the molecule is CCCSc1nc(=O)c2c(n1C)NC(=O)C[C@@H]2c1ccc(C)cc1. The molecule has 126 valence electrons. The second-order valence-electron chi connectivity index (χ2n) is 6.08. The average molecular weight is 343 g/mol. The third-order valence-electron chi connectivity index (χ3n) is 4.22. The highest BCUT2D eigenvalue weighted by molar-refractivity contribution is 7.99. The Kier molecular flexibility index (Phi) is 4.76. The number of hydrogen-bond acceptors (Lipinski definition) is 4. The van der Waals surface area contributed by atoms with Crippen molar-refractivity contribution in [3.8, 4) is 0 Å². The molecule has 3 rings (SSSR count). The molecular weight excluding hydrogens is 322 g/mol. The summed E-state index contributed by atoms with van der Waals surface area (Å²) in [5, 5.41) is 3.51. The predicted molar refractivity (Wildman–Crippen MR) is 96.8 cm³/mol. The van der Waals surface area contributed by atoms with Crippen molar-refractivity contribution >= 4 is 23.5 Å². The van der Waals surface area contributed by atoms with Crippen LogP contribution in [0.2, 0.25) is 0 Å². The number of aromatic nitrogens is 2. The molecule has 5 nitrogen and oxygen atoms in total. The number of thioether (sulfide) groups is 1. The summed E-state index contributed by atoms with van der Waals surface area (Å²) >= 11 is 1.53. The Morgan fingerprint density at radius 1 is 1.29 bits per heavy atom. The Bertz CT molecular complexity index is 827. The first-order chi connectivity index (χ1) is 11.5. The minimum absolute atomic E-state index is 0.0688. The van der Waals surface area contributed by atoms with Crippen LogP contribution in [-0.4, -0.2) is 21.2 Å². The molecule has 0 saturated carbocycles. The number of amides is 1. The molecule has 1 aliphatic heterocycles. The first-order valence-electron chi connectivity index (χ1n) is 8.11. The maximum absolute atomic E-state index is 12.7. The number of carbonyl (C=O) groups is 1. The van der Waals surface area contributed by atoms with Gasteiger partial charge in [0.15, 0.2) is 5.16 Å². The smallest absolute Gasteiger partial charge is 0.279 e. The number of hydrogen-bond donors (Lipinski definition) is 1. The lowest BCUT2D eigenvalue weighted by atomic mass is 9.86. The Hall–Kier alpha value is -2.08. The molecule has 1 amide bonds. The van der Waals surface area contributed by atoms with E-state index >= 15 is 0 Å². The van der Waals surface area contributed by atoms with E-state index in [1.54, 1.807) is 0 Å². The summed E-state index contributed by atoms with van der Waals surface area (Å²) in [5.41, 5.74) is 2.47. The van der Waals surface area contributed by atoms with Crippen molar-refractivity contribution in [2.24, 2.45) is 7.05 Å². The Balaban J connectivity index is 2.12. The molecule has 1 atom stereocenters. The predicted octanol–water partition coefficient (Wildman–Crippen LogP) is 3.06. The van der Waals surface area contributed by atoms with Crippen LogP contribution in [0.5, 0.6) is 0 Å². The maximum atomic E-state index is 12.7. The normalized spacial score (nSPS) is 16.6. The van der Waals surface area contributed by atoms with Gasteiger partial charge < -0.3 is 9.88 Å². The van der Waals surface area contributed by atoms with Gasteiger partial charge in [-0.3, -0.25) is 9.59 Å². The number of aryl methyl sites for hydroxylation is 1. The average Bonchev–Trinajstić information content (AvgIpc) is 2.56. The number of benzene rings is 1. The van der Waals surface area contributed by atoms with E-state index in [0.717, 1.165) is 23.3 Å². The third-order valence-corrected chi connectivity index (χ3v) is 5.45. The molecule has 0 spiro atoms. The summed E-state index contributed by atoms with van der Waals surface area (Å²) in [5.74, 6) is 1.15. The van der Waals surface area contributed by atoms with Crippen LogP contribution in [0.15, 0.2) is 34.2 Å². The molecule has 0 fully saturated rings. The Morgan fingerprint density at radius 2 is 2.00 bits per heavy atom. The topological polar surface area (TPSA) is 64.0 Å². The quantitative estimate of drug-likeness (QED) is 0.684. The van der Waals surface area contributed by atoms with Gasteiger partial charge in [-0.1, -0.05) is 48.5 Å². The molecule has 1 aromatic carbocycles. The fourth-order valence-electron chi connectivity index (χ4n) is 2.94. The van der Waals surface area contributed by atoms with Crippen molar-refractivity contribution in [1.82, 2.24) is 9.55 Å². The fraction of sp³-hybridized carbons (Fsp3) is 0.389. The molecule has 1 aliphatic rings. The van der Waals surface area contributed by atoms with E-state index in [1.807, 2.05) is 42.8 Å². The van der Waals surface area contributed by atoms with Crippen LogP contribution in [0.4, 0.5) is 5.82 Å². The maximum Gasteiger partial charge on any atom is 0.279 e. The van der Waals surface area contributed by atoms with E-state index < -0.39 is 0 Å². The standard InChI is InChI=1S/C18H21N3O2S/c1-4-9-24-18-20-17(23)15-13(12-7-5-11(2)6-8-12)10-14(22)19-16(15)21(18)3/h5-8,13H,4,9-10H2,1-3H3,(H,19,22)/t13-/m1/s1. The summed E-state index contributed by atoms with van der Waals surface area (Å²) in [6.07, 6.45) is 1.27. The largest absolute Gasteiger partial charge is 0.312 e.